The van der Waals surface area contributed by atoms with Crippen LogP contribution in [-0.2, 0) is 0 Å². The fraction of sp³-hybridized carbons (Fsp3) is 0.314. The summed E-state index contributed by atoms with van der Waals surface area (Å²) in [5.74, 6) is -1.40. The van der Waals surface area contributed by atoms with Crippen LogP contribution in [0.1, 0.15) is 54.7 Å². The number of carbonyl (C=O) groups is 1. The van der Waals surface area contributed by atoms with E-state index >= 15 is 0 Å². The summed E-state index contributed by atoms with van der Waals surface area (Å²) in [6.07, 6.45) is 6.84. The predicted molar refractivity (Wildman–Crippen MR) is 177 cm³/mol. The van der Waals surface area contributed by atoms with Crippen LogP contribution in [0.4, 0.5) is 5.69 Å². The third-order valence-electron chi connectivity index (χ3n) is 9.00. The second-order valence-corrected chi connectivity index (χ2v) is 17.7. The summed E-state index contributed by atoms with van der Waals surface area (Å²) in [4.78, 5) is 20.8. The van der Waals surface area contributed by atoms with E-state index < -0.39 is 14.0 Å². The molecule has 3 aromatic rings. The van der Waals surface area contributed by atoms with Gasteiger partial charge in [-0.15, -0.1) is 4.73 Å². The van der Waals surface area contributed by atoms with Crippen molar-refractivity contribution in [2.45, 2.75) is 45.7 Å². The van der Waals surface area contributed by atoms with Gasteiger partial charge >= 0.3 is 5.97 Å². The van der Waals surface area contributed by atoms with Gasteiger partial charge in [-0.3, -0.25) is 0 Å². The van der Waals surface area contributed by atoms with E-state index in [2.05, 4.69) is 109 Å². The third kappa shape index (κ3) is 4.83. The Morgan fingerprint density at radius 1 is 0.907 bits per heavy atom. The molecule has 1 aromatic heterocycles. The van der Waals surface area contributed by atoms with Crippen LogP contribution < -0.4 is 14.9 Å². The zero-order chi connectivity index (χ0) is 31.4. The van der Waals surface area contributed by atoms with Crippen molar-refractivity contribution in [3.05, 3.63) is 99.8 Å². The van der Waals surface area contributed by atoms with Crippen LogP contribution in [-0.4, -0.2) is 67.5 Å². The highest BCUT2D eigenvalue weighted by atomic mass is 28.3. The second-order valence-electron chi connectivity index (χ2n) is 12.6. The van der Waals surface area contributed by atoms with E-state index in [1.54, 1.807) is 6.07 Å². The molecule has 0 fully saturated rings. The van der Waals surface area contributed by atoms with Gasteiger partial charge in [0.05, 0.1) is 5.56 Å². The molecule has 0 saturated carbocycles. The van der Waals surface area contributed by atoms with Crippen molar-refractivity contribution in [1.82, 2.24) is 4.73 Å². The zero-order valence-electron chi connectivity index (χ0n) is 26.6. The Bertz CT molecular complexity index is 1720. The Balaban J connectivity index is 1.82. The Hall–Kier alpha value is -4.30. The van der Waals surface area contributed by atoms with Crippen LogP contribution in [0.2, 0.25) is 11.1 Å². The van der Waals surface area contributed by atoms with Crippen molar-refractivity contribution in [2.24, 2.45) is 0 Å². The maximum absolute atomic E-state index is 13.3. The first-order valence-corrected chi connectivity index (χ1v) is 16.9. The molecule has 0 bridgehead atoms. The highest BCUT2D eigenvalue weighted by molar-refractivity contribution is 7.01. The first kappa shape index (κ1) is 30.2. The van der Waals surface area contributed by atoms with Crippen molar-refractivity contribution in [3.8, 4) is 11.8 Å². The molecule has 0 unspecified atom stereocenters. The minimum atomic E-state index is -2.34. The summed E-state index contributed by atoms with van der Waals surface area (Å²) in [6.45, 7) is 11.6. The van der Waals surface area contributed by atoms with Crippen LogP contribution in [0, 0.1) is 6.92 Å². The van der Waals surface area contributed by atoms with E-state index in [1.165, 1.54) is 45.1 Å². The number of anilines is 1. The smallest absolute Gasteiger partial charge is 0.363 e. The van der Waals surface area contributed by atoms with Crippen LogP contribution in [0.3, 0.4) is 0 Å². The van der Waals surface area contributed by atoms with E-state index in [9.17, 15) is 15.0 Å². The third-order valence-corrected chi connectivity index (χ3v) is 15.3. The lowest BCUT2D eigenvalue weighted by Gasteiger charge is -2.48. The highest BCUT2D eigenvalue weighted by Gasteiger charge is 2.51. The van der Waals surface area contributed by atoms with Gasteiger partial charge in [0.1, 0.15) is 22.2 Å². The van der Waals surface area contributed by atoms with Crippen molar-refractivity contribution in [1.29, 1.82) is 0 Å². The Morgan fingerprint density at radius 2 is 1.56 bits per heavy atom. The van der Waals surface area contributed by atoms with Gasteiger partial charge in [-0.25, -0.2) is 9.37 Å². The summed E-state index contributed by atoms with van der Waals surface area (Å²) < 4.78 is 2.89. The lowest BCUT2D eigenvalue weighted by atomic mass is 9.86. The number of carbonyl (C=O) groups excluding carboxylic acids is 1. The molecule has 2 heterocycles. The average molecular weight is 597 g/mol. The summed E-state index contributed by atoms with van der Waals surface area (Å²) in [5, 5.41) is 22.9. The standard InChI is InChI=1S/C35H41N3O4Si/c1-21(2)43(22(3)4)30-19-25(36(6)7)12-14-27(30)34(28-15-13-26(37(8)9)20-31(28)43)29-18-24(11-10-23(29)5)35(41)42-38-32(39)16-17-33(38)40/h10-22H,1-9H3,(H-,39,40)/p+1. The first-order valence-electron chi connectivity index (χ1n) is 14.7. The summed E-state index contributed by atoms with van der Waals surface area (Å²) >= 11 is 0. The van der Waals surface area contributed by atoms with E-state index in [1.807, 2.05) is 12.1 Å². The van der Waals surface area contributed by atoms with Crippen molar-refractivity contribution < 1.29 is 24.4 Å². The molecule has 1 aliphatic carbocycles. The quantitative estimate of drug-likeness (QED) is 0.287. The molecule has 2 N–H and O–H groups in total. The number of aromatic nitrogens is 1. The molecular weight excluding hydrogens is 554 g/mol. The molecule has 224 valence electrons. The van der Waals surface area contributed by atoms with Gasteiger partial charge in [0.25, 0.3) is 0 Å². The van der Waals surface area contributed by atoms with E-state index in [0.29, 0.717) is 16.6 Å². The number of allylic oxidation sites excluding steroid dienone is 5. The van der Waals surface area contributed by atoms with Gasteiger partial charge in [-0.05, 0) is 86.6 Å². The van der Waals surface area contributed by atoms with Gasteiger partial charge in [0.15, 0.2) is 5.71 Å². The topological polar surface area (TPSA) is 77.9 Å². The average Bonchev–Trinajstić information content (AvgIpc) is 3.27. The molecule has 0 amide bonds. The number of benzene rings is 2. The lowest BCUT2D eigenvalue weighted by Crippen LogP contribution is -2.59. The lowest BCUT2D eigenvalue weighted by molar-refractivity contribution is -0.462. The zero-order valence-corrected chi connectivity index (χ0v) is 27.6. The van der Waals surface area contributed by atoms with Crippen molar-refractivity contribution in [2.75, 3.05) is 33.1 Å². The molecule has 5 rings (SSSR count). The van der Waals surface area contributed by atoms with Crippen LogP contribution in [0.25, 0.3) is 5.57 Å². The molecule has 0 atom stereocenters. The molecule has 2 aliphatic rings. The van der Waals surface area contributed by atoms with Crippen molar-refractivity contribution >= 4 is 36.2 Å². The van der Waals surface area contributed by atoms with Gasteiger partial charge in [0, 0.05) is 44.1 Å². The first-order chi connectivity index (χ1) is 20.3. The largest absolute Gasteiger partial charge is 0.492 e. The number of hydrogen-bond acceptors (Lipinski definition) is 5. The summed E-state index contributed by atoms with van der Waals surface area (Å²) in [6, 6.07) is 14.9. The van der Waals surface area contributed by atoms with Crippen LogP contribution >= 0.6 is 0 Å². The second kappa shape index (κ2) is 11.1. The Labute approximate surface area is 255 Å². The molecule has 0 radical (unpaired) electrons. The molecule has 8 heteroatoms. The predicted octanol–water partition coefficient (Wildman–Crippen LogP) is 5.58. The van der Waals surface area contributed by atoms with E-state index in [0.717, 1.165) is 21.4 Å². The maximum Gasteiger partial charge on any atom is 0.363 e. The normalized spacial score (nSPS) is 15.4. The molecule has 43 heavy (non-hydrogen) atoms. The van der Waals surface area contributed by atoms with E-state index in [-0.39, 0.29) is 11.8 Å². The number of aromatic hydroxyl groups is 2. The number of hydrogen-bond donors (Lipinski definition) is 2. The van der Waals surface area contributed by atoms with Gasteiger partial charge in [0.2, 0.25) is 11.8 Å². The molecule has 0 saturated heterocycles. The van der Waals surface area contributed by atoms with Crippen molar-refractivity contribution in [3.63, 3.8) is 0 Å². The fourth-order valence-corrected chi connectivity index (χ4v) is 13.1. The number of rotatable bonds is 6. The van der Waals surface area contributed by atoms with E-state index in [4.69, 9.17) is 4.84 Å². The SMILES string of the molecule is Cc1ccc(C(=O)On2c(O)ccc2O)cc1C1=C2C=CC(=[N+](C)C)C=C2[Si](C(C)C)(C(C)C)c2cc(N(C)C)ccc21. The molecular formula is C35H42N3O4Si+. The fourth-order valence-electron chi connectivity index (χ4n) is 6.88. The Kier molecular flexibility index (Phi) is 7.77. The van der Waals surface area contributed by atoms with Gasteiger partial charge in [-0.1, -0.05) is 39.8 Å². The highest BCUT2D eigenvalue weighted by Crippen LogP contribution is 2.50. The maximum atomic E-state index is 13.3. The van der Waals surface area contributed by atoms with Crippen LogP contribution in [0.15, 0.2) is 77.5 Å². The summed E-state index contributed by atoms with van der Waals surface area (Å²) in [5.41, 5.74) is 9.03. The van der Waals surface area contributed by atoms with Gasteiger partial charge in [-0.2, -0.15) is 0 Å². The number of aryl methyl sites for hydroxylation is 1. The molecule has 2 aromatic carbocycles. The Morgan fingerprint density at radius 3 is 2.14 bits per heavy atom. The number of fused-ring (bicyclic) bond motifs is 2. The van der Waals surface area contributed by atoms with Crippen LogP contribution in [0.5, 0.6) is 11.8 Å². The number of nitrogens with zero attached hydrogens (tertiary/aromatic N) is 3. The van der Waals surface area contributed by atoms with Gasteiger partial charge < -0.3 is 20.0 Å². The molecule has 7 nitrogen and oxygen atoms in total. The minimum Gasteiger partial charge on any atom is -0.492 e. The molecule has 0 spiro atoms. The summed E-state index contributed by atoms with van der Waals surface area (Å²) in [7, 11) is 6.00. The molecule has 1 aliphatic heterocycles. The minimum absolute atomic E-state index is 0.320. The monoisotopic (exact) mass is 596 g/mol.